The van der Waals surface area contributed by atoms with Crippen molar-refractivity contribution < 1.29 is 4.79 Å². The fourth-order valence-electron chi connectivity index (χ4n) is 5.20. The van der Waals surface area contributed by atoms with Gasteiger partial charge in [-0.1, -0.05) is 52.3 Å². The van der Waals surface area contributed by atoms with Crippen molar-refractivity contribution in [2.75, 3.05) is 13.1 Å². The highest BCUT2D eigenvalue weighted by Crippen LogP contribution is 2.49. The first-order valence-electron chi connectivity index (χ1n) is 10.9. The molecule has 2 aliphatic rings. The minimum absolute atomic E-state index is 0.304. The summed E-state index contributed by atoms with van der Waals surface area (Å²) in [5.41, 5.74) is 3.37. The van der Waals surface area contributed by atoms with Gasteiger partial charge in [-0.3, -0.25) is 4.79 Å². The van der Waals surface area contributed by atoms with Crippen LogP contribution in [0.4, 0.5) is 0 Å². The molecule has 0 aliphatic carbocycles. The van der Waals surface area contributed by atoms with E-state index in [1.165, 1.54) is 23.1 Å². The number of halogens is 1. The molecule has 1 atom stereocenters. The molecule has 1 aromatic heterocycles. The number of piperidine rings is 1. The van der Waals surface area contributed by atoms with Crippen LogP contribution in [-0.2, 0) is 10.3 Å². The van der Waals surface area contributed by atoms with Gasteiger partial charge in [-0.2, -0.15) is 0 Å². The normalized spacial score (nSPS) is 20.1. The summed E-state index contributed by atoms with van der Waals surface area (Å²) in [6.45, 7) is 1.84. The fourth-order valence-corrected chi connectivity index (χ4v) is 5.46. The van der Waals surface area contributed by atoms with Gasteiger partial charge in [0.15, 0.2) is 0 Å². The molecule has 5 rings (SSSR count). The van der Waals surface area contributed by atoms with Crippen LogP contribution in [0.25, 0.3) is 11.4 Å². The van der Waals surface area contributed by atoms with Crippen molar-refractivity contribution >= 4 is 21.8 Å². The average molecular weight is 464 g/mol. The highest BCUT2D eigenvalue weighted by atomic mass is 79.9. The Kier molecular flexibility index (Phi) is 5.23. The van der Waals surface area contributed by atoms with Gasteiger partial charge in [0.25, 0.3) is 0 Å². The number of fused-ring (bicyclic) bond motifs is 3. The first-order chi connectivity index (χ1) is 14.7. The van der Waals surface area contributed by atoms with Crippen molar-refractivity contribution in [3.05, 3.63) is 76.5 Å². The molecule has 5 heteroatoms. The summed E-state index contributed by atoms with van der Waals surface area (Å²) in [5.74, 6) is 1.31. The molecule has 2 aromatic carbocycles. The lowest BCUT2D eigenvalue weighted by atomic mass is 9.79. The number of imidazole rings is 1. The van der Waals surface area contributed by atoms with Gasteiger partial charge in [-0.25, -0.2) is 4.98 Å². The molecule has 3 aromatic rings. The molecule has 1 amide bonds. The number of nitrogens with zero attached hydrogens (tertiary/aromatic N) is 3. The number of carbonyl (C=O) groups is 1. The lowest BCUT2D eigenvalue weighted by Crippen LogP contribution is -2.36. The highest BCUT2D eigenvalue weighted by molar-refractivity contribution is 9.10. The zero-order valence-electron chi connectivity index (χ0n) is 17.1. The zero-order chi connectivity index (χ0) is 20.6. The van der Waals surface area contributed by atoms with Crippen molar-refractivity contribution in [2.24, 2.45) is 0 Å². The second-order valence-corrected chi connectivity index (χ2v) is 9.24. The standard InChI is InChI=1S/C25H26BrN3O/c26-20-12-10-19(11-13-20)25(14-6-9-23(30)28-16-4-1-5-17-28)22-8-3-2-7-21(22)24-27-15-18-29(24)25/h2-3,7-8,10-13,15,18H,1,4-6,9,14,16-17H2. The van der Waals surface area contributed by atoms with Gasteiger partial charge in [0.2, 0.25) is 5.91 Å². The summed E-state index contributed by atoms with van der Waals surface area (Å²) in [5, 5.41) is 0. The lowest BCUT2D eigenvalue weighted by molar-refractivity contribution is -0.132. The van der Waals surface area contributed by atoms with Crippen molar-refractivity contribution in [1.82, 2.24) is 14.5 Å². The number of likely N-dealkylation sites (tertiary alicyclic amines) is 1. The molecule has 1 saturated heterocycles. The van der Waals surface area contributed by atoms with Crippen LogP contribution in [0, 0.1) is 0 Å². The predicted molar refractivity (Wildman–Crippen MR) is 122 cm³/mol. The van der Waals surface area contributed by atoms with Crippen LogP contribution in [0.3, 0.4) is 0 Å². The van der Waals surface area contributed by atoms with Gasteiger partial charge in [0.1, 0.15) is 5.82 Å². The summed E-state index contributed by atoms with van der Waals surface area (Å²) < 4.78 is 3.38. The summed E-state index contributed by atoms with van der Waals surface area (Å²) in [7, 11) is 0. The Morgan fingerprint density at radius 2 is 1.80 bits per heavy atom. The summed E-state index contributed by atoms with van der Waals surface area (Å²) in [6.07, 6.45) is 9.81. The largest absolute Gasteiger partial charge is 0.343 e. The maximum Gasteiger partial charge on any atom is 0.222 e. The van der Waals surface area contributed by atoms with E-state index in [1.807, 2.05) is 6.20 Å². The van der Waals surface area contributed by atoms with Crippen LogP contribution in [0.5, 0.6) is 0 Å². The van der Waals surface area contributed by atoms with Gasteiger partial charge in [0.05, 0.1) is 5.54 Å². The van der Waals surface area contributed by atoms with Crippen LogP contribution in [-0.4, -0.2) is 33.4 Å². The molecule has 154 valence electrons. The van der Waals surface area contributed by atoms with Crippen molar-refractivity contribution in [1.29, 1.82) is 0 Å². The van der Waals surface area contributed by atoms with Gasteiger partial charge >= 0.3 is 0 Å². The van der Waals surface area contributed by atoms with Crippen LogP contribution in [0.15, 0.2) is 65.4 Å². The van der Waals surface area contributed by atoms with E-state index >= 15 is 0 Å². The minimum Gasteiger partial charge on any atom is -0.343 e. The number of hydrogen-bond acceptors (Lipinski definition) is 2. The SMILES string of the molecule is O=C(CCCC1(c2ccc(Br)cc2)c2ccccc2-c2nccn21)N1CCCCC1. The third kappa shape index (κ3) is 3.20. The molecule has 0 saturated carbocycles. The number of rotatable bonds is 5. The van der Waals surface area contributed by atoms with Crippen molar-refractivity contribution in [3.63, 3.8) is 0 Å². The topological polar surface area (TPSA) is 38.1 Å². The van der Waals surface area contributed by atoms with Crippen molar-refractivity contribution in [3.8, 4) is 11.4 Å². The molecular formula is C25H26BrN3O. The van der Waals surface area contributed by atoms with E-state index < -0.39 is 0 Å². The molecule has 4 nitrogen and oxygen atoms in total. The third-order valence-electron chi connectivity index (χ3n) is 6.63. The Bertz CT molecular complexity index is 1050. The highest BCUT2D eigenvalue weighted by Gasteiger charge is 2.44. The van der Waals surface area contributed by atoms with E-state index in [1.54, 1.807) is 0 Å². The number of hydrogen-bond donors (Lipinski definition) is 0. The van der Waals surface area contributed by atoms with Crippen LogP contribution in [0.2, 0.25) is 0 Å². The number of aromatic nitrogens is 2. The molecule has 1 fully saturated rings. The summed E-state index contributed by atoms with van der Waals surface area (Å²) >= 11 is 3.57. The van der Waals surface area contributed by atoms with Crippen LogP contribution < -0.4 is 0 Å². The molecular weight excluding hydrogens is 438 g/mol. The van der Waals surface area contributed by atoms with Crippen LogP contribution in [0.1, 0.15) is 49.7 Å². The maximum atomic E-state index is 12.8. The van der Waals surface area contributed by atoms with Gasteiger partial charge in [0, 0.05) is 41.9 Å². The molecule has 0 radical (unpaired) electrons. The number of benzene rings is 2. The van der Waals surface area contributed by atoms with E-state index in [4.69, 9.17) is 0 Å². The van der Waals surface area contributed by atoms with Gasteiger partial charge in [-0.15, -0.1) is 0 Å². The quantitative estimate of drug-likeness (QED) is 0.493. The van der Waals surface area contributed by atoms with E-state index in [0.29, 0.717) is 12.3 Å². The predicted octanol–water partition coefficient (Wildman–Crippen LogP) is 5.60. The second-order valence-electron chi connectivity index (χ2n) is 8.33. The Labute approximate surface area is 186 Å². The molecule has 2 aliphatic heterocycles. The summed E-state index contributed by atoms with van der Waals surface area (Å²) in [4.78, 5) is 19.5. The number of amides is 1. The lowest BCUT2D eigenvalue weighted by Gasteiger charge is -2.34. The van der Waals surface area contributed by atoms with Gasteiger partial charge in [-0.05, 0) is 55.4 Å². The number of carbonyl (C=O) groups excluding carboxylic acids is 1. The molecule has 0 spiro atoms. The Balaban J connectivity index is 1.49. The maximum absolute atomic E-state index is 12.8. The van der Waals surface area contributed by atoms with Gasteiger partial charge < -0.3 is 9.47 Å². The van der Waals surface area contributed by atoms with E-state index in [-0.39, 0.29) is 5.54 Å². The smallest absolute Gasteiger partial charge is 0.222 e. The summed E-state index contributed by atoms with van der Waals surface area (Å²) in [6, 6.07) is 17.2. The van der Waals surface area contributed by atoms with Crippen molar-refractivity contribution in [2.45, 2.75) is 44.1 Å². The second kappa shape index (κ2) is 8.03. The molecule has 1 unspecified atom stereocenters. The molecule has 30 heavy (non-hydrogen) atoms. The Hall–Kier alpha value is -2.40. The van der Waals surface area contributed by atoms with E-state index in [0.717, 1.165) is 49.1 Å². The minimum atomic E-state index is -0.328. The first-order valence-corrected chi connectivity index (χ1v) is 11.7. The Morgan fingerprint density at radius 1 is 1.03 bits per heavy atom. The Morgan fingerprint density at radius 3 is 2.60 bits per heavy atom. The molecule has 3 heterocycles. The third-order valence-corrected chi connectivity index (χ3v) is 7.15. The molecule has 0 N–H and O–H groups in total. The average Bonchev–Trinajstić information content (AvgIpc) is 3.37. The zero-order valence-corrected chi connectivity index (χ0v) is 18.6. The van der Waals surface area contributed by atoms with E-state index in [9.17, 15) is 4.79 Å². The van der Waals surface area contributed by atoms with E-state index in [2.05, 4.69) is 85.1 Å². The van der Waals surface area contributed by atoms with Crippen LogP contribution >= 0.6 is 15.9 Å². The fraction of sp³-hybridized carbons (Fsp3) is 0.360. The monoisotopic (exact) mass is 463 g/mol. The molecule has 0 bridgehead atoms. The first kappa shape index (κ1) is 19.6.